The van der Waals surface area contributed by atoms with Crippen molar-refractivity contribution in [2.24, 2.45) is 0 Å². The van der Waals surface area contributed by atoms with Crippen molar-refractivity contribution in [3.8, 4) is 0 Å². The minimum atomic E-state index is -3.59. The van der Waals surface area contributed by atoms with Gasteiger partial charge < -0.3 is 5.32 Å². The van der Waals surface area contributed by atoms with Crippen molar-refractivity contribution < 1.29 is 13.2 Å². The predicted molar refractivity (Wildman–Crippen MR) is 109 cm³/mol. The van der Waals surface area contributed by atoms with E-state index in [9.17, 15) is 13.2 Å². The third-order valence-electron chi connectivity index (χ3n) is 3.97. The highest BCUT2D eigenvalue weighted by molar-refractivity contribution is 8.00. The minimum Gasteiger partial charge on any atom is -0.325 e. The molecule has 0 fully saturated rings. The average Bonchev–Trinajstić information content (AvgIpc) is 3.04. The first kappa shape index (κ1) is 22.3. The lowest BCUT2D eigenvalue weighted by molar-refractivity contribution is -0.115. The molecule has 154 valence electrons. The van der Waals surface area contributed by atoms with Crippen LogP contribution in [0.15, 0.2) is 28.3 Å². The maximum absolute atomic E-state index is 12.7. The van der Waals surface area contributed by atoms with Crippen LogP contribution in [0.1, 0.15) is 33.3 Å². The van der Waals surface area contributed by atoms with Crippen LogP contribution in [0.4, 0.5) is 5.69 Å². The number of benzene rings is 1. The van der Waals surface area contributed by atoms with Gasteiger partial charge in [-0.05, 0) is 62.7 Å². The summed E-state index contributed by atoms with van der Waals surface area (Å²) >= 11 is 1.24. The fourth-order valence-corrected chi connectivity index (χ4v) is 4.13. The van der Waals surface area contributed by atoms with E-state index in [0.717, 1.165) is 9.87 Å². The standard InChI is InChI=1S/C17H26N6O3S2/c1-11-8-9-13(28(25,26)22(6)7)10-14(11)18-15(24)12(2)27-16-19-20-21-23(16)17(3,4)5/h8-10,12H,1-7H3,(H,18,24). The molecule has 0 saturated carbocycles. The van der Waals surface area contributed by atoms with Gasteiger partial charge in [0.05, 0.1) is 15.7 Å². The Balaban J connectivity index is 2.20. The van der Waals surface area contributed by atoms with E-state index in [4.69, 9.17) is 0 Å². The van der Waals surface area contributed by atoms with Crippen LogP contribution in [0.2, 0.25) is 0 Å². The molecule has 2 rings (SSSR count). The van der Waals surface area contributed by atoms with E-state index in [-0.39, 0.29) is 16.3 Å². The molecular weight excluding hydrogens is 400 g/mol. The Morgan fingerprint density at radius 3 is 2.50 bits per heavy atom. The number of hydrogen-bond acceptors (Lipinski definition) is 7. The van der Waals surface area contributed by atoms with E-state index in [2.05, 4.69) is 20.8 Å². The Kier molecular flexibility index (Phi) is 6.51. The van der Waals surface area contributed by atoms with Crippen LogP contribution in [0, 0.1) is 6.92 Å². The third-order valence-corrected chi connectivity index (χ3v) is 6.82. The van der Waals surface area contributed by atoms with Crippen LogP contribution >= 0.6 is 11.8 Å². The van der Waals surface area contributed by atoms with Gasteiger partial charge in [-0.2, -0.15) is 0 Å². The lowest BCUT2D eigenvalue weighted by Crippen LogP contribution is -2.27. The highest BCUT2D eigenvalue weighted by atomic mass is 32.2. The third kappa shape index (κ3) is 4.89. The molecule has 0 spiro atoms. The number of aryl methyl sites for hydroxylation is 1. The van der Waals surface area contributed by atoms with E-state index in [1.807, 2.05) is 20.8 Å². The van der Waals surface area contributed by atoms with E-state index in [1.165, 1.54) is 38.0 Å². The number of carbonyl (C=O) groups is 1. The van der Waals surface area contributed by atoms with Gasteiger partial charge >= 0.3 is 0 Å². The van der Waals surface area contributed by atoms with Crippen LogP contribution in [0.25, 0.3) is 0 Å². The molecular formula is C17H26N6O3S2. The number of rotatable bonds is 6. The number of amides is 1. The molecule has 0 aliphatic heterocycles. The molecule has 0 bridgehead atoms. The lowest BCUT2D eigenvalue weighted by Gasteiger charge is -2.20. The number of thioether (sulfide) groups is 1. The number of hydrogen-bond donors (Lipinski definition) is 1. The highest BCUT2D eigenvalue weighted by Gasteiger charge is 2.25. The van der Waals surface area contributed by atoms with Crippen LogP contribution in [-0.4, -0.2) is 58.2 Å². The van der Waals surface area contributed by atoms with Crippen LogP contribution in [0.5, 0.6) is 0 Å². The van der Waals surface area contributed by atoms with E-state index < -0.39 is 15.3 Å². The maximum atomic E-state index is 12.7. The number of nitrogens with one attached hydrogen (secondary N) is 1. The fraction of sp³-hybridized carbons (Fsp3) is 0.529. The van der Waals surface area contributed by atoms with Crippen molar-refractivity contribution in [1.29, 1.82) is 0 Å². The van der Waals surface area contributed by atoms with Gasteiger partial charge in [-0.3, -0.25) is 4.79 Å². The quantitative estimate of drug-likeness (QED) is 0.704. The van der Waals surface area contributed by atoms with Crippen LogP contribution in [-0.2, 0) is 20.4 Å². The summed E-state index contributed by atoms with van der Waals surface area (Å²) in [6.07, 6.45) is 0. The number of aromatic nitrogens is 4. The number of carbonyl (C=O) groups excluding carboxylic acids is 1. The summed E-state index contributed by atoms with van der Waals surface area (Å²) in [5.41, 5.74) is 0.909. The minimum absolute atomic E-state index is 0.121. The first-order valence-corrected chi connectivity index (χ1v) is 11.0. The molecule has 1 amide bonds. The summed E-state index contributed by atoms with van der Waals surface area (Å²) in [5.74, 6) is -0.268. The average molecular weight is 427 g/mol. The Labute approximate surface area is 169 Å². The molecule has 1 unspecified atom stereocenters. The molecule has 1 atom stereocenters. The molecule has 0 radical (unpaired) electrons. The normalized spacial score (nSPS) is 13.6. The molecule has 1 aromatic carbocycles. The van der Waals surface area contributed by atoms with Gasteiger partial charge in [0.25, 0.3) is 0 Å². The molecule has 1 heterocycles. The first-order valence-electron chi connectivity index (χ1n) is 8.63. The second-order valence-corrected chi connectivity index (χ2v) is 11.0. The molecule has 11 heteroatoms. The van der Waals surface area contributed by atoms with Gasteiger partial charge in [-0.1, -0.05) is 17.8 Å². The zero-order valence-electron chi connectivity index (χ0n) is 17.1. The Morgan fingerprint density at radius 2 is 1.93 bits per heavy atom. The zero-order valence-corrected chi connectivity index (χ0v) is 18.7. The number of tetrazole rings is 1. The number of nitrogens with zero attached hydrogens (tertiary/aromatic N) is 5. The molecule has 1 aromatic heterocycles. The fourth-order valence-electron chi connectivity index (χ4n) is 2.23. The Morgan fingerprint density at radius 1 is 1.29 bits per heavy atom. The summed E-state index contributed by atoms with van der Waals surface area (Å²) in [7, 11) is -0.661. The van der Waals surface area contributed by atoms with Crippen LogP contribution < -0.4 is 5.32 Å². The molecule has 9 nitrogen and oxygen atoms in total. The van der Waals surface area contributed by atoms with Gasteiger partial charge in [-0.25, -0.2) is 17.4 Å². The summed E-state index contributed by atoms with van der Waals surface area (Å²) in [6.45, 7) is 9.46. The van der Waals surface area contributed by atoms with Crippen LogP contribution in [0.3, 0.4) is 0 Å². The molecule has 2 aromatic rings. The molecule has 28 heavy (non-hydrogen) atoms. The van der Waals surface area contributed by atoms with Crippen molar-refractivity contribution in [3.63, 3.8) is 0 Å². The van der Waals surface area contributed by atoms with Gasteiger partial charge in [0.2, 0.25) is 21.1 Å². The van der Waals surface area contributed by atoms with E-state index >= 15 is 0 Å². The Bertz CT molecular complexity index is 964. The molecule has 1 N–H and O–H groups in total. The highest BCUT2D eigenvalue weighted by Crippen LogP contribution is 2.27. The summed E-state index contributed by atoms with van der Waals surface area (Å²) < 4.78 is 27.5. The van der Waals surface area contributed by atoms with Gasteiger partial charge in [0.1, 0.15) is 0 Å². The molecule has 0 saturated heterocycles. The summed E-state index contributed by atoms with van der Waals surface area (Å²) in [4.78, 5) is 12.8. The van der Waals surface area contributed by atoms with Crippen molar-refractivity contribution in [2.75, 3.05) is 19.4 Å². The summed E-state index contributed by atoms with van der Waals surface area (Å²) in [6, 6.07) is 4.67. The number of sulfonamides is 1. The summed E-state index contributed by atoms with van der Waals surface area (Å²) in [5, 5.41) is 14.5. The van der Waals surface area contributed by atoms with Gasteiger partial charge in [-0.15, -0.1) is 5.10 Å². The van der Waals surface area contributed by atoms with E-state index in [0.29, 0.717) is 10.8 Å². The monoisotopic (exact) mass is 426 g/mol. The predicted octanol–water partition coefficient (Wildman–Crippen LogP) is 2.11. The number of anilines is 1. The molecule has 0 aliphatic carbocycles. The van der Waals surface area contributed by atoms with Crippen molar-refractivity contribution in [2.45, 2.75) is 55.5 Å². The SMILES string of the molecule is Cc1ccc(S(=O)(=O)N(C)C)cc1NC(=O)C(C)Sc1nnnn1C(C)(C)C. The Hall–Kier alpha value is -1.98. The van der Waals surface area contributed by atoms with Crippen molar-refractivity contribution in [3.05, 3.63) is 23.8 Å². The maximum Gasteiger partial charge on any atom is 0.242 e. The topological polar surface area (TPSA) is 110 Å². The smallest absolute Gasteiger partial charge is 0.242 e. The second kappa shape index (κ2) is 8.18. The van der Waals surface area contributed by atoms with Crippen molar-refractivity contribution in [1.82, 2.24) is 24.5 Å². The van der Waals surface area contributed by atoms with E-state index in [1.54, 1.807) is 24.6 Å². The van der Waals surface area contributed by atoms with Gasteiger partial charge in [0.15, 0.2) is 0 Å². The molecule has 0 aliphatic rings. The van der Waals surface area contributed by atoms with Gasteiger partial charge in [0, 0.05) is 19.8 Å². The second-order valence-electron chi connectivity index (χ2n) is 7.56. The lowest BCUT2D eigenvalue weighted by atomic mass is 10.1. The van der Waals surface area contributed by atoms with Crippen molar-refractivity contribution >= 4 is 33.4 Å². The first-order chi connectivity index (χ1) is 12.8. The largest absolute Gasteiger partial charge is 0.325 e. The zero-order chi connectivity index (χ0) is 21.3.